The molecule has 2 aromatic rings. The summed E-state index contributed by atoms with van der Waals surface area (Å²) in [4.78, 5) is 1.25. The molecule has 19 heavy (non-hydrogen) atoms. The SMILES string of the molecule is Cc1ccc([S-])c([NH-])c1.Cc1ccc([S-])c([NH-])c1.[Zn]. The summed E-state index contributed by atoms with van der Waals surface area (Å²) in [5.41, 5.74) is 17.6. The van der Waals surface area contributed by atoms with E-state index in [4.69, 9.17) is 36.7 Å². The molecule has 2 N–H and O–H groups in total. The number of benzene rings is 2. The maximum absolute atomic E-state index is 7.26. The van der Waals surface area contributed by atoms with Gasteiger partial charge in [-0.1, -0.05) is 47.5 Å². The summed E-state index contributed by atoms with van der Waals surface area (Å²) >= 11 is 9.65. The number of hydrogen-bond acceptors (Lipinski definition) is 2. The van der Waals surface area contributed by atoms with Crippen molar-refractivity contribution < 1.29 is 19.5 Å². The molecule has 0 saturated heterocycles. The van der Waals surface area contributed by atoms with E-state index >= 15 is 0 Å². The second kappa shape index (κ2) is 8.31. The van der Waals surface area contributed by atoms with E-state index in [9.17, 15) is 0 Å². The fourth-order valence-electron chi connectivity index (χ4n) is 1.29. The average molecular weight is 340 g/mol. The summed E-state index contributed by atoms with van der Waals surface area (Å²) in [7, 11) is 0. The molecular weight excluding hydrogens is 326 g/mol. The van der Waals surface area contributed by atoms with Gasteiger partial charge in [-0.25, -0.2) is 0 Å². The van der Waals surface area contributed by atoms with E-state index in [1.54, 1.807) is 24.3 Å². The van der Waals surface area contributed by atoms with E-state index in [-0.39, 0.29) is 19.5 Å². The molecule has 0 aliphatic heterocycles. The van der Waals surface area contributed by atoms with Crippen molar-refractivity contribution in [1.29, 1.82) is 0 Å². The van der Waals surface area contributed by atoms with Gasteiger partial charge >= 0.3 is 0 Å². The molecule has 0 spiro atoms. The van der Waals surface area contributed by atoms with Gasteiger partial charge in [0.25, 0.3) is 0 Å². The first kappa shape index (κ1) is 18.1. The minimum atomic E-state index is 0. The zero-order chi connectivity index (χ0) is 13.7. The third kappa shape index (κ3) is 6.19. The first-order valence-corrected chi connectivity index (χ1v) is 6.20. The quantitative estimate of drug-likeness (QED) is 0.491. The van der Waals surface area contributed by atoms with Gasteiger partial charge in [-0.05, 0) is 13.8 Å². The Balaban J connectivity index is 0.000000324. The van der Waals surface area contributed by atoms with Gasteiger partial charge < -0.3 is 36.7 Å². The molecule has 2 nitrogen and oxygen atoms in total. The van der Waals surface area contributed by atoms with E-state index in [0.29, 0.717) is 21.2 Å². The second-order valence-electron chi connectivity index (χ2n) is 4.00. The fourth-order valence-corrected chi connectivity index (χ4v) is 1.54. The van der Waals surface area contributed by atoms with Crippen LogP contribution in [0.15, 0.2) is 46.2 Å². The predicted octanol–water partition coefficient (Wildman–Crippen LogP) is 5.17. The molecule has 98 valence electrons. The first-order chi connectivity index (χ1) is 8.40. The molecule has 0 fully saturated rings. The monoisotopic (exact) mass is 338 g/mol. The van der Waals surface area contributed by atoms with E-state index in [2.05, 4.69) is 0 Å². The molecule has 0 amide bonds. The number of nitrogens with one attached hydrogen (secondary N) is 2. The van der Waals surface area contributed by atoms with Gasteiger partial charge in [-0.3, -0.25) is 0 Å². The zero-order valence-electron chi connectivity index (χ0n) is 11.0. The molecule has 0 aliphatic rings. The summed E-state index contributed by atoms with van der Waals surface area (Å²) in [5.74, 6) is 0. The molecule has 2 rings (SSSR count). The molecule has 5 heteroatoms. The summed E-state index contributed by atoms with van der Waals surface area (Å²) in [5, 5.41) is 0. The molecule has 0 radical (unpaired) electrons. The molecule has 0 heterocycles. The number of hydrogen-bond donors (Lipinski definition) is 0. The van der Waals surface area contributed by atoms with E-state index in [1.807, 2.05) is 26.0 Å². The van der Waals surface area contributed by atoms with Crippen molar-refractivity contribution in [2.24, 2.45) is 0 Å². The van der Waals surface area contributed by atoms with Crippen LogP contribution in [0.4, 0.5) is 11.4 Å². The topological polar surface area (TPSA) is 47.6 Å². The van der Waals surface area contributed by atoms with Crippen molar-refractivity contribution in [2.75, 3.05) is 0 Å². The van der Waals surface area contributed by atoms with Crippen LogP contribution in [0.3, 0.4) is 0 Å². The van der Waals surface area contributed by atoms with E-state index in [1.165, 1.54) is 0 Å². The van der Waals surface area contributed by atoms with Crippen LogP contribution in [0.2, 0.25) is 0 Å². The fraction of sp³-hybridized carbons (Fsp3) is 0.143. The van der Waals surface area contributed by atoms with Crippen molar-refractivity contribution in [3.63, 3.8) is 0 Å². The number of aryl methyl sites for hydroxylation is 2. The maximum atomic E-state index is 7.26. The molecule has 0 aromatic heterocycles. The summed E-state index contributed by atoms with van der Waals surface area (Å²) in [6.07, 6.45) is 0. The van der Waals surface area contributed by atoms with Crippen LogP contribution in [0.1, 0.15) is 11.1 Å². The summed E-state index contributed by atoms with van der Waals surface area (Å²) in [6.45, 7) is 3.90. The molecule has 0 unspecified atom stereocenters. The van der Waals surface area contributed by atoms with Gasteiger partial charge in [0.05, 0.1) is 0 Å². The largest absolute Gasteiger partial charge is 0.781 e. The normalized spacial score (nSPS) is 8.95. The minimum Gasteiger partial charge on any atom is -0.781 e. The van der Waals surface area contributed by atoms with Crippen LogP contribution < -0.4 is 0 Å². The molecule has 0 bridgehead atoms. The van der Waals surface area contributed by atoms with Gasteiger partial charge in [0.15, 0.2) is 0 Å². The van der Waals surface area contributed by atoms with E-state index in [0.717, 1.165) is 11.1 Å². The Morgan fingerprint density at radius 2 is 1.05 bits per heavy atom. The number of rotatable bonds is 0. The average Bonchev–Trinajstić information content (AvgIpc) is 2.30. The maximum Gasteiger partial charge on any atom is 0 e. The minimum absolute atomic E-state index is 0. The van der Waals surface area contributed by atoms with Crippen LogP contribution in [0.5, 0.6) is 0 Å². The molecule has 0 saturated carbocycles. The Morgan fingerprint density at radius 3 is 1.26 bits per heavy atom. The molecule has 0 atom stereocenters. The van der Waals surface area contributed by atoms with Crippen molar-refractivity contribution in [3.8, 4) is 0 Å². The van der Waals surface area contributed by atoms with Crippen LogP contribution in [0, 0.1) is 13.8 Å². The molecule has 2 aromatic carbocycles. The predicted molar refractivity (Wildman–Crippen MR) is 81.6 cm³/mol. The Bertz CT molecular complexity index is 495. The van der Waals surface area contributed by atoms with Crippen molar-refractivity contribution >= 4 is 36.6 Å². The third-order valence-electron chi connectivity index (χ3n) is 2.27. The first-order valence-electron chi connectivity index (χ1n) is 5.38. The zero-order valence-corrected chi connectivity index (χ0v) is 15.6. The Morgan fingerprint density at radius 1 is 0.737 bits per heavy atom. The van der Waals surface area contributed by atoms with Gasteiger partial charge in [0.2, 0.25) is 0 Å². The van der Waals surface area contributed by atoms with Crippen molar-refractivity contribution in [1.82, 2.24) is 0 Å². The summed E-state index contributed by atoms with van der Waals surface area (Å²) < 4.78 is 0. The smallest absolute Gasteiger partial charge is 0 e. The van der Waals surface area contributed by atoms with Crippen LogP contribution in [-0.4, -0.2) is 0 Å². The second-order valence-corrected chi connectivity index (χ2v) is 4.88. The standard InChI is InChI=1S/2C7H8NS.Zn/c2*1-5-2-3-7(9)6(8)4-5;/h2*2-4,8-9H,1H3;/q2*-1;/p-2. The van der Waals surface area contributed by atoms with Gasteiger partial charge in [0.1, 0.15) is 0 Å². The van der Waals surface area contributed by atoms with Crippen LogP contribution in [0.25, 0.3) is 11.5 Å². The van der Waals surface area contributed by atoms with Crippen molar-refractivity contribution in [3.05, 3.63) is 59.0 Å². The Kier molecular flexibility index (Phi) is 7.92. The van der Waals surface area contributed by atoms with E-state index < -0.39 is 0 Å². The Labute approximate surface area is 138 Å². The Hall–Kier alpha value is -0.897. The molecule has 0 aliphatic carbocycles. The van der Waals surface area contributed by atoms with Gasteiger partial charge in [0, 0.05) is 19.5 Å². The van der Waals surface area contributed by atoms with Crippen LogP contribution >= 0.6 is 0 Å². The third-order valence-corrected chi connectivity index (χ3v) is 2.98. The van der Waals surface area contributed by atoms with Crippen LogP contribution in [-0.2, 0) is 44.7 Å². The molecular formula is C14H14N2S2Zn-4. The summed E-state index contributed by atoms with van der Waals surface area (Å²) in [6, 6.07) is 10.9. The van der Waals surface area contributed by atoms with Crippen molar-refractivity contribution in [2.45, 2.75) is 23.6 Å². The van der Waals surface area contributed by atoms with Gasteiger partial charge in [-0.15, -0.1) is 0 Å². The van der Waals surface area contributed by atoms with Gasteiger partial charge in [-0.2, -0.15) is 21.2 Å².